The first-order chi connectivity index (χ1) is 9.97. The third-order valence-corrected chi connectivity index (χ3v) is 3.12. The van der Waals surface area contributed by atoms with Crippen molar-refractivity contribution in [3.8, 4) is 0 Å². The first-order valence-electron chi connectivity index (χ1n) is 6.65. The predicted molar refractivity (Wildman–Crippen MR) is 77.6 cm³/mol. The molecule has 0 aliphatic carbocycles. The van der Waals surface area contributed by atoms with Gasteiger partial charge in [-0.15, -0.1) is 0 Å². The van der Waals surface area contributed by atoms with Gasteiger partial charge in [-0.3, -0.25) is 4.79 Å². The summed E-state index contributed by atoms with van der Waals surface area (Å²) in [5.74, 6) is -0.184. The Kier molecular flexibility index (Phi) is 4.42. The number of carbonyl (C=O) groups excluding carboxylic acids is 1. The lowest BCUT2D eigenvalue weighted by molar-refractivity contribution is 0.0696. The zero-order valence-corrected chi connectivity index (χ0v) is 12.0. The molecule has 110 valence electrons. The molecule has 0 saturated heterocycles. The number of aromatic carboxylic acids is 1. The van der Waals surface area contributed by atoms with E-state index in [0.29, 0.717) is 24.5 Å². The molecule has 5 nitrogen and oxygen atoms in total. The number of hydrogen-bond acceptors (Lipinski definition) is 3. The minimum absolute atomic E-state index is 0.247. The zero-order chi connectivity index (χ0) is 15.4. The van der Waals surface area contributed by atoms with Gasteiger partial charge in [0.15, 0.2) is 5.76 Å². The van der Waals surface area contributed by atoms with E-state index in [1.807, 2.05) is 19.1 Å². The minimum atomic E-state index is -0.956. The molecule has 5 heteroatoms. The average molecular weight is 287 g/mol. The second-order valence-corrected chi connectivity index (χ2v) is 4.88. The van der Waals surface area contributed by atoms with Crippen LogP contribution in [0.2, 0.25) is 0 Å². The third kappa shape index (κ3) is 3.72. The Hall–Kier alpha value is -2.56. The summed E-state index contributed by atoms with van der Waals surface area (Å²) in [7, 11) is 0. The molecule has 1 amide bonds. The highest BCUT2D eigenvalue weighted by Gasteiger charge is 2.13. The van der Waals surface area contributed by atoms with Crippen LogP contribution in [0.3, 0.4) is 0 Å². The van der Waals surface area contributed by atoms with Crippen molar-refractivity contribution in [3.63, 3.8) is 0 Å². The molecule has 1 aromatic heterocycles. The van der Waals surface area contributed by atoms with Crippen molar-refractivity contribution in [1.29, 1.82) is 0 Å². The molecule has 0 bridgehead atoms. The van der Waals surface area contributed by atoms with Crippen LogP contribution in [0, 0.1) is 13.8 Å². The number of nitrogens with one attached hydrogen (secondary N) is 1. The number of benzene rings is 1. The average Bonchev–Trinajstić information content (AvgIpc) is 2.78. The molecule has 2 rings (SSSR count). The highest BCUT2D eigenvalue weighted by atomic mass is 16.4. The molecule has 0 spiro atoms. The summed E-state index contributed by atoms with van der Waals surface area (Å²) < 4.78 is 5.34. The van der Waals surface area contributed by atoms with Gasteiger partial charge in [-0.1, -0.05) is 12.1 Å². The fourth-order valence-electron chi connectivity index (χ4n) is 2.13. The van der Waals surface area contributed by atoms with Gasteiger partial charge in [0.05, 0.1) is 5.56 Å². The number of amides is 1. The first-order valence-corrected chi connectivity index (χ1v) is 6.65. The van der Waals surface area contributed by atoms with E-state index in [0.717, 1.165) is 11.1 Å². The van der Waals surface area contributed by atoms with E-state index in [9.17, 15) is 9.59 Å². The van der Waals surface area contributed by atoms with E-state index < -0.39 is 5.97 Å². The molecule has 2 aromatic rings. The van der Waals surface area contributed by atoms with E-state index >= 15 is 0 Å². The summed E-state index contributed by atoms with van der Waals surface area (Å²) in [6.07, 6.45) is 0.561. The van der Waals surface area contributed by atoms with E-state index in [1.54, 1.807) is 25.1 Å². The van der Waals surface area contributed by atoms with Crippen molar-refractivity contribution in [2.24, 2.45) is 0 Å². The molecule has 1 aromatic carbocycles. The van der Waals surface area contributed by atoms with Crippen molar-refractivity contribution in [2.75, 3.05) is 6.54 Å². The molecule has 0 unspecified atom stereocenters. The zero-order valence-electron chi connectivity index (χ0n) is 12.0. The van der Waals surface area contributed by atoms with Crippen LogP contribution in [0.4, 0.5) is 0 Å². The second-order valence-electron chi connectivity index (χ2n) is 4.88. The molecule has 0 aliphatic heterocycles. The number of rotatable bonds is 5. The van der Waals surface area contributed by atoms with Gasteiger partial charge >= 0.3 is 5.97 Å². The topological polar surface area (TPSA) is 79.5 Å². The minimum Gasteiger partial charge on any atom is -0.478 e. The van der Waals surface area contributed by atoms with Crippen LogP contribution in [-0.4, -0.2) is 23.5 Å². The summed E-state index contributed by atoms with van der Waals surface area (Å²) in [6.45, 7) is 4.03. The van der Waals surface area contributed by atoms with E-state index in [2.05, 4.69) is 5.32 Å². The van der Waals surface area contributed by atoms with Crippen LogP contribution < -0.4 is 5.32 Å². The summed E-state index contributed by atoms with van der Waals surface area (Å²) in [6, 6.07) is 8.49. The van der Waals surface area contributed by atoms with E-state index in [4.69, 9.17) is 9.52 Å². The van der Waals surface area contributed by atoms with Crippen LogP contribution in [-0.2, 0) is 6.42 Å². The number of carboxylic acid groups (broad SMARTS) is 1. The van der Waals surface area contributed by atoms with Crippen molar-refractivity contribution in [1.82, 2.24) is 5.32 Å². The Morgan fingerprint density at radius 3 is 2.62 bits per heavy atom. The summed E-state index contributed by atoms with van der Waals surface area (Å²) in [5, 5.41) is 11.7. The van der Waals surface area contributed by atoms with Gasteiger partial charge in [0, 0.05) is 12.1 Å². The number of aryl methyl sites for hydroxylation is 2. The molecule has 0 saturated carbocycles. The van der Waals surface area contributed by atoms with Gasteiger partial charge in [-0.05, 0) is 44.0 Å². The first kappa shape index (κ1) is 14.8. The Bertz CT molecular complexity index is 673. The smallest absolute Gasteiger partial charge is 0.335 e. The quantitative estimate of drug-likeness (QED) is 0.885. The molecular formula is C16H17NO4. The van der Waals surface area contributed by atoms with Crippen LogP contribution in [0.15, 0.2) is 34.7 Å². The maximum absolute atomic E-state index is 11.9. The SMILES string of the molecule is Cc1cc(C)c(C(=O)NCCc2cccc(C(=O)O)c2)o1. The lowest BCUT2D eigenvalue weighted by atomic mass is 10.1. The molecule has 0 fully saturated rings. The molecule has 21 heavy (non-hydrogen) atoms. The molecular weight excluding hydrogens is 270 g/mol. The third-order valence-electron chi connectivity index (χ3n) is 3.12. The predicted octanol–water partition coefficient (Wildman–Crippen LogP) is 2.57. The monoisotopic (exact) mass is 287 g/mol. The van der Waals surface area contributed by atoms with Gasteiger partial charge in [-0.25, -0.2) is 4.79 Å². The van der Waals surface area contributed by atoms with Gasteiger partial charge < -0.3 is 14.8 Å². The van der Waals surface area contributed by atoms with Crippen molar-refractivity contribution in [2.45, 2.75) is 20.3 Å². The van der Waals surface area contributed by atoms with Crippen molar-refractivity contribution in [3.05, 3.63) is 58.5 Å². The normalized spacial score (nSPS) is 10.4. The van der Waals surface area contributed by atoms with Gasteiger partial charge in [0.25, 0.3) is 5.91 Å². The Morgan fingerprint density at radius 2 is 2.00 bits per heavy atom. The maximum atomic E-state index is 11.9. The summed E-state index contributed by atoms with van der Waals surface area (Å²) in [5.41, 5.74) is 1.91. The summed E-state index contributed by atoms with van der Waals surface area (Å²) >= 11 is 0. The van der Waals surface area contributed by atoms with E-state index in [-0.39, 0.29) is 11.5 Å². The number of carboxylic acids is 1. The standard InChI is InChI=1S/C16H17NO4/c1-10-8-11(2)21-14(10)15(18)17-7-6-12-4-3-5-13(9-12)16(19)20/h3-5,8-9H,6-7H2,1-2H3,(H,17,18)(H,19,20). The fourth-order valence-corrected chi connectivity index (χ4v) is 2.13. The lowest BCUT2D eigenvalue weighted by Crippen LogP contribution is -2.25. The molecule has 0 atom stereocenters. The number of furan rings is 1. The van der Waals surface area contributed by atoms with Crippen LogP contribution in [0.25, 0.3) is 0 Å². The molecule has 2 N–H and O–H groups in total. The maximum Gasteiger partial charge on any atom is 0.335 e. The molecule has 1 heterocycles. The second kappa shape index (κ2) is 6.26. The largest absolute Gasteiger partial charge is 0.478 e. The lowest BCUT2D eigenvalue weighted by Gasteiger charge is -2.05. The molecule has 0 radical (unpaired) electrons. The molecule has 0 aliphatic rings. The summed E-state index contributed by atoms with van der Waals surface area (Å²) in [4.78, 5) is 22.8. The van der Waals surface area contributed by atoms with Crippen LogP contribution >= 0.6 is 0 Å². The van der Waals surface area contributed by atoms with Gasteiger partial charge in [-0.2, -0.15) is 0 Å². The van der Waals surface area contributed by atoms with E-state index in [1.165, 1.54) is 0 Å². The van der Waals surface area contributed by atoms with Crippen molar-refractivity contribution < 1.29 is 19.1 Å². The Balaban J connectivity index is 1.92. The van der Waals surface area contributed by atoms with Gasteiger partial charge in [0.1, 0.15) is 5.76 Å². The Morgan fingerprint density at radius 1 is 1.24 bits per heavy atom. The van der Waals surface area contributed by atoms with Crippen molar-refractivity contribution >= 4 is 11.9 Å². The fraction of sp³-hybridized carbons (Fsp3) is 0.250. The van der Waals surface area contributed by atoms with Crippen LogP contribution in [0.1, 0.15) is 37.8 Å². The van der Waals surface area contributed by atoms with Gasteiger partial charge in [0.2, 0.25) is 0 Å². The Labute approximate surface area is 122 Å². The number of hydrogen-bond donors (Lipinski definition) is 2. The van der Waals surface area contributed by atoms with Crippen LogP contribution in [0.5, 0.6) is 0 Å². The highest BCUT2D eigenvalue weighted by Crippen LogP contribution is 2.13. The number of carbonyl (C=O) groups is 2. The highest BCUT2D eigenvalue weighted by molar-refractivity contribution is 5.92.